The minimum atomic E-state index is -4.38. The Balaban J connectivity index is 2.84. The van der Waals surface area contributed by atoms with Crippen molar-refractivity contribution in [2.24, 2.45) is 0 Å². The molecule has 1 rings (SSSR count). The van der Waals surface area contributed by atoms with E-state index in [0.29, 0.717) is 0 Å². The Labute approximate surface area is 115 Å². The van der Waals surface area contributed by atoms with Crippen LogP contribution in [0.25, 0.3) is 0 Å². The molecule has 1 amide bonds. The van der Waals surface area contributed by atoms with Crippen molar-refractivity contribution in [2.45, 2.75) is 19.1 Å². The van der Waals surface area contributed by atoms with E-state index in [2.05, 4.69) is 0 Å². The maximum Gasteiger partial charge on any atom is 0.416 e. The van der Waals surface area contributed by atoms with Gasteiger partial charge in [0, 0.05) is 24.4 Å². The fourth-order valence-electron chi connectivity index (χ4n) is 1.56. The molecule has 6 heteroatoms. The number of carbonyl (C=O) groups excluding carboxylic acids is 1. The third-order valence-electron chi connectivity index (χ3n) is 2.85. The molecule has 0 radical (unpaired) electrons. The van der Waals surface area contributed by atoms with Gasteiger partial charge in [-0.05, 0) is 37.4 Å². The third-order valence-corrected chi connectivity index (χ3v) is 3.66. The van der Waals surface area contributed by atoms with Crippen LogP contribution in [0, 0.1) is 0 Å². The highest BCUT2D eigenvalue weighted by atomic mass is 32.2. The van der Waals surface area contributed by atoms with Gasteiger partial charge in [-0.3, -0.25) is 4.79 Å². The molecule has 1 unspecified atom stereocenters. The molecule has 0 N–H and O–H groups in total. The van der Waals surface area contributed by atoms with Crippen LogP contribution in [0.1, 0.15) is 22.8 Å². The number of thioether (sulfide) groups is 1. The SMILES string of the molecule is CSCC(C)N(C)C(=O)c1ccc(C(F)(F)F)cc1. The molecule has 0 spiro atoms. The first-order valence-corrected chi connectivity index (χ1v) is 7.10. The number of rotatable bonds is 4. The highest BCUT2D eigenvalue weighted by molar-refractivity contribution is 7.98. The average Bonchev–Trinajstić information content (AvgIpc) is 2.36. The average molecular weight is 291 g/mol. The maximum atomic E-state index is 12.4. The second-order valence-electron chi connectivity index (χ2n) is 4.30. The second-order valence-corrected chi connectivity index (χ2v) is 5.21. The first-order valence-electron chi connectivity index (χ1n) is 5.70. The van der Waals surface area contributed by atoms with Crippen molar-refractivity contribution in [1.82, 2.24) is 4.90 Å². The predicted molar refractivity (Wildman–Crippen MR) is 71.4 cm³/mol. The number of benzene rings is 1. The Hall–Kier alpha value is -1.17. The number of carbonyl (C=O) groups is 1. The van der Waals surface area contributed by atoms with Crippen LogP contribution < -0.4 is 0 Å². The molecular weight excluding hydrogens is 275 g/mol. The summed E-state index contributed by atoms with van der Waals surface area (Å²) in [5.74, 6) is 0.512. The van der Waals surface area contributed by atoms with Crippen molar-refractivity contribution in [3.8, 4) is 0 Å². The van der Waals surface area contributed by atoms with Crippen LogP contribution >= 0.6 is 11.8 Å². The van der Waals surface area contributed by atoms with Gasteiger partial charge in [0.05, 0.1) is 5.56 Å². The van der Waals surface area contributed by atoms with Crippen LogP contribution in [0.5, 0.6) is 0 Å². The molecule has 1 atom stereocenters. The molecule has 0 aliphatic carbocycles. The van der Waals surface area contributed by atoms with Gasteiger partial charge in [0.25, 0.3) is 5.91 Å². The number of hydrogen-bond donors (Lipinski definition) is 0. The zero-order valence-corrected chi connectivity index (χ0v) is 11.8. The zero-order chi connectivity index (χ0) is 14.6. The molecule has 0 heterocycles. The summed E-state index contributed by atoms with van der Waals surface area (Å²) in [5.41, 5.74) is -0.479. The number of amides is 1. The van der Waals surface area contributed by atoms with E-state index >= 15 is 0 Å². The lowest BCUT2D eigenvalue weighted by atomic mass is 10.1. The van der Waals surface area contributed by atoms with Crippen molar-refractivity contribution in [3.63, 3.8) is 0 Å². The number of alkyl halides is 3. The number of hydrogen-bond acceptors (Lipinski definition) is 2. The normalized spacial score (nSPS) is 13.2. The molecule has 106 valence electrons. The van der Waals surface area contributed by atoms with Gasteiger partial charge in [-0.2, -0.15) is 24.9 Å². The van der Waals surface area contributed by atoms with E-state index in [1.54, 1.807) is 23.7 Å². The summed E-state index contributed by atoms with van der Waals surface area (Å²) in [7, 11) is 1.65. The highest BCUT2D eigenvalue weighted by Crippen LogP contribution is 2.29. The lowest BCUT2D eigenvalue weighted by Crippen LogP contribution is -2.36. The van der Waals surface area contributed by atoms with Gasteiger partial charge < -0.3 is 4.90 Å². The fourth-order valence-corrected chi connectivity index (χ4v) is 2.26. The van der Waals surface area contributed by atoms with Crippen LogP contribution in [0.15, 0.2) is 24.3 Å². The van der Waals surface area contributed by atoms with E-state index in [4.69, 9.17) is 0 Å². The minimum absolute atomic E-state index is 0.0322. The van der Waals surface area contributed by atoms with Gasteiger partial charge in [0.1, 0.15) is 0 Å². The lowest BCUT2D eigenvalue weighted by Gasteiger charge is -2.24. The molecule has 0 bridgehead atoms. The molecule has 0 aromatic heterocycles. The monoisotopic (exact) mass is 291 g/mol. The van der Waals surface area contributed by atoms with Gasteiger partial charge >= 0.3 is 6.18 Å². The number of halogens is 3. The van der Waals surface area contributed by atoms with Crippen molar-refractivity contribution >= 4 is 17.7 Å². The van der Waals surface area contributed by atoms with E-state index in [1.165, 1.54) is 12.1 Å². The zero-order valence-electron chi connectivity index (χ0n) is 11.0. The first-order chi connectivity index (χ1) is 8.77. The van der Waals surface area contributed by atoms with Crippen LogP contribution in [0.2, 0.25) is 0 Å². The van der Waals surface area contributed by atoms with E-state index < -0.39 is 11.7 Å². The van der Waals surface area contributed by atoms with Crippen molar-refractivity contribution in [2.75, 3.05) is 19.1 Å². The Morgan fingerprint density at radius 2 is 1.84 bits per heavy atom. The summed E-state index contributed by atoms with van der Waals surface area (Å²) in [4.78, 5) is 13.6. The molecule has 0 saturated heterocycles. The lowest BCUT2D eigenvalue weighted by molar-refractivity contribution is -0.137. The molecule has 0 saturated carbocycles. The topological polar surface area (TPSA) is 20.3 Å². The van der Waals surface area contributed by atoms with E-state index in [0.717, 1.165) is 17.9 Å². The van der Waals surface area contributed by atoms with E-state index in [-0.39, 0.29) is 17.5 Å². The molecule has 2 nitrogen and oxygen atoms in total. The Morgan fingerprint density at radius 1 is 1.32 bits per heavy atom. The van der Waals surface area contributed by atoms with Crippen molar-refractivity contribution < 1.29 is 18.0 Å². The Morgan fingerprint density at radius 3 is 2.26 bits per heavy atom. The fraction of sp³-hybridized carbons (Fsp3) is 0.462. The molecule has 19 heavy (non-hydrogen) atoms. The molecular formula is C13H16F3NOS. The smallest absolute Gasteiger partial charge is 0.338 e. The van der Waals surface area contributed by atoms with Gasteiger partial charge in [0.2, 0.25) is 0 Å². The summed E-state index contributed by atoms with van der Waals surface area (Å²) in [6.45, 7) is 1.90. The quantitative estimate of drug-likeness (QED) is 0.846. The van der Waals surface area contributed by atoms with Crippen LogP contribution in [0.4, 0.5) is 13.2 Å². The summed E-state index contributed by atoms with van der Waals surface area (Å²) in [6.07, 6.45) is -2.44. The first kappa shape index (κ1) is 15.9. The van der Waals surface area contributed by atoms with Crippen LogP contribution in [-0.2, 0) is 6.18 Å². The van der Waals surface area contributed by atoms with E-state index in [1.807, 2.05) is 13.2 Å². The number of nitrogens with zero attached hydrogens (tertiary/aromatic N) is 1. The summed E-state index contributed by atoms with van der Waals surface area (Å²) >= 11 is 1.61. The summed E-state index contributed by atoms with van der Waals surface area (Å²) < 4.78 is 37.2. The van der Waals surface area contributed by atoms with Crippen molar-refractivity contribution in [1.29, 1.82) is 0 Å². The summed E-state index contributed by atoms with van der Waals surface area (Å²) in [6, 6.07) is 4.33. The molecule has 1 aromatic carbocycles. The van der Waals surface area contributed by atoms with E-state index in [9.17, 15) is 18.0 Å². The predicted octanol–water partition coefficient (Wildman–Crippen LogP) is 3.53. The largest absolute Gasteiger partial charge is 0.416 e. The van der Waals surface area contributed by atoms with Gasteiger partial charge in [-0.25, -0.2) is 0 Å². The van der Waals surface area contributed by atoms with Crippen LogP contribution in [0.3, 0.4) is 0 Å². The Bertz CT molecular complexity index is 431. The molecule has 1 aromatic rings. The van der Waals surface area contributed by atoms with Gasteiger partial charge in [-0.1, -0.05) is 0 Å². The standard InChI is InChI=1S/C13H16F3NOS/c1-9(8-19-3)17(2)12(18)10-4-6-11(7-5-10)13(14,15)16/h4-7,9H,8H2,1-3H3. The van der Waals surface area contributed by atoms with Gasteiger partial charge in [-0.15, -0.1) is 0 Å². The van der Waals surface area contributed by atoms with Gasteiger partial charge in [0.15, 0.2) is 0 Å². The molecule has 0 fully saturated rings. The highest BCUT2D eigenvalue weighted by Gasteiger charge is 2.30. The third kappa shape index (κ3) is 4.16. The summed E-state index contributed by atoms with van der Waals surface area (Å²) in [5, 5.41) is 0. The maximum absolute atomic E-state index is 12.4. The van der Waals surface area contributed by atoms with Crippen molar-refractivity contribution in [3.05, 3.63) is 35.4 Å². The molecule has 0 aliphatic heterocycles. The van der Waals surface area contributed by atoms with Crippen LogP contribution in [-0.4, -0.2) is 35.9 Å². The Kier molecular flexibility index (Phi) is 5.29. The molecule has 0 aliphatic rings. The minimum Gasteiger partial charge on any atom is -0.338 e. The second kappa shape index (κ2) is 6.32.